The molecule has 2 aromatic carbocycles. The summed E-state index contributed by atoms with van der Waals surface area (Å²) in [7, 11) is 1.51. The maximum absolute atomic E-state index is 12.2. The van der Waals surface area contributed by atoms with Crippen LogP contribution in [0.5, 0.6) is 11.5 Å². The van der Waals surface area contributed by atoms with Crippen LogP contribution >= 0.6 is 11.3 Å². The number of hydrogen-bond acceptors (Lipinski definition) is 6. The molecule has 0 aliphatic heterocycles. The molecule has 0 aliphatic carbocycles. The Bertz CT molecular complexity index is 1090. The van der Waals surface area contributed by atoms with Crippen molar-refractivity contribution in [3.8, 4) is 17.6 Å². The van der Waals surface area contributed by atoms with Gasteiger partial charge in [0.15, 0.2) is 11.5 Å². The van der Waals surface area contributed by atoms with Crippen molar-refractivity contribution in [1.82, 2.24) is 0 Å². The average molecular weight is 436 g/mol. The van der Waals surface area contributed by atoms with Gasteiger partial charge in [-0.2, -0.15) is 5.26 Å². The molecule has 0 atom stereocenters. The van der Waals surface area contributed by atoms with Crippen molar-refractivity contribution in [2.45, 2.75) is 12.8 Å². The van der Waals surface area contributed by atoms with Gasteiger partial charge in [0.1, 0.15) is 0 Å². The number of carbonyl (C=O) groups excluding carboxylic acids is 2. The number of hydrogen-bond donors (Lipinski definition) is 2. The third-order valence-corrected chi connectivity index (χ3v) is 5.12. The second-order valence-electron chi connectivity index (χ2n) is 6.49. The van der Waals surface area contributed by atoms with Gasteiger partial charge in [0.25, 0.3) is 5.91 Å². The molecule has 0 radical (unpaired) electrons. The normalized spacial score (nSPS) is 10.1. The molecule has 0 bridgehead atoms. The van der Waals surface area contributed by atoms with E-state index in [2.05, 4.69) is 10.6 Å². The average Bonchev–Trinajstić information content (AvgIpc) is 3.32. The number of ether oxygens (including phenoxy) is 2. The van der Waals surface area contributed by atoms with Gasteiger partial charge in [-0.15, -0.1) is 11.3 Å². The van der Waals surface area contributed by atoms with Gasteiger partial charge >= 0.3 is 0 Å². The lowest BCUT2D eigenvalue weighted by Crippen LogP contribution is -2.14. The lowest BCUT2D eigenvalue weighted by atomic mass is 10.2. The molecule has 0 aliphatic rings. The fourth-order valence-electron chi connectivity index (χ4n) is 2.77. The highest BCUT2D eigenvalue weighted by molar-refractivity contribution is 7.12. The third-order valence-electron chi connectivity index (χ3n) is 4.25. The monoisotopic (exact) mass is 435 g/mol. The molecule has 2 amide bonds. The van der Waals surface area contributed by atoms with Gasteiger partial charge in [0, 0.05) is 23.9 Å². The van der Waals surface area contributed by atoms with E-state index in [1.165, 1.54) is 18.4 Å². The number of nitriles is 1. The number of nitrogens with zero attached hydrogens (tertiary/aromatic N) is 1. The smallest absolute Gasteiger partial charge is 0.265 e. The van der Waals surface area contributed by atoms with Crippen molar-refractivity contribution in [2.24, 2.45) is 0 Å². The summed E-state index contributed by atoms with van der Waals surface area (Å²) in [6.45, 7) is 0.326. The lowest BCUT2D eigenvalue weighted by molar-refractivity contribution is -0.116. The molecule has 0 unspecified atom stereocenters. The maximum Gasteiger partial charge on any atom is 0.265 e. The van der Waals surface area contributed by atoms with Crippen LogP contribution in [0.3, 0.4) is 0 Å². The first-order valence-corrected chi connectivity index (χ1v) is 10.4. The fraction of sp³-hybridized carbons (Fsp3) is 0.174. The number of methoxy groups -OCH3 is 1. The predicted octanol–water partition coefficient (Wildman–Crippen LogP) is 4.68. The molecule has 0 saturated heterocycles. The van der Waals surface area contributed by atoms with E-state index < -0.39 is 0 Å². The summed E-state index contributed by atoms with van der Waals surface area (Å²) >= 11 is 1.36. The highest BCUT2D eigenvalue weighted by Crippen LogP contribution is 2.28. The van der Waals surface area contributed by atoms with Crippen LogP contribution in [-0.4, -0.2) is 25.5 Å². The number of amides is 2. The van der Waals surface area contributed by atoms with E-state index in [1.807, 2.05) is 17.5 Å². The van der Waals surface area contributed by atoms with Crippen LogP contribution in [0.15, 0.2) is 60.0 Å². The quantitative estimate of drug-likeness (QED) is 0.476. The van der Waals surface area contributed by atoms with Gasteiger partial charge in [0.2, 0.25) is 5.91 Å². The van der Waals surface area contributed by atoms with Gasteiger partial charge in [-0.05, 0) is 48.2 Å². The first-order valence-electron chi connectivity index (χ1n) is 9.55. The molecular formula is C23H21N3O4S. The molecule has 0 fully saturated rings. The van der Waals surface area contributed by atoms with E-state index in [-0.39, 0.29) is 18.2 Å². The summed E-state index contributed by atoms with van der Waals surface area (Å²) in [5.74, 6) is 0.659. The van der Waals surface area contributed by atoms with Gasteiger partial charge in [-0.1, -0.05) is 12.1 Å². The summed E-state index contributed by atoms with van der Waals surface area (Å²) in [6.07, 6.45) is 0.772. The van der Waals surface area contributed by atoms with Crippen LogP contribution in [0.1, 0.15) is 28.1 Å². The third kappa shape index (κ3) is 6.32. The summed E-state index contributed by atoms with van der Waals surface area (Å²) in [5.41, 5.74) is 1.69. The number of benzene rings is 2. The largest absolute Gasteiger partial charge is 0.493 e. The molecule has 1 heterocycles. The van der Waals surface area contributed by atoms with E-state index in [0.29, 0.717) is 46.3 Å². The van der Waals surface area contributed by atoms with Crippen LogP contribution in [0.4, 0.5) is 11.4 Å². The minimum absolute atomic E-state index is 0.155. The van der Waals surface area contributed by atoms with Crippen molar-refractivity contribution in [3.63, 3.8) is 0 Å². The first-order chi connectivity index (χ1) is 15.1. The summed E-state index contributed by atoms with van der Waals surface area (Å²) < 4.78 is 10.9. The van der Waals surface area contributed by atoms with Crippen LogP contribution in [0, 0.1) is 11.3 Å². The van der Waals surface area contributed by atoms with E-state index >= 15 is 0 Å². The molecule has 3 aromatic rings. The second-order valence-corrected chi connectivity index (χ2v) is 7.44. The minimum Gasteiger partial charge on any atom is -0.493 e. The van der Waals surface area contributed by atoms with E-state index in [0.717, 1.165) is 0 Å². The van der Waals surface area contributed by atoms with Crippen molar-refractivity contribution >= 4 is 34.5 Å². The zero-order valence-corrected chi connectivity index (χ0v) is 17.7. The Hall–Kier alpha value is -3.83. The van der Waals surface area contributed by atoms with Crippen LogP contribution in [0.25, 0.3) is 0 Å². The van der Waals surface area contributed by atoms with Crippen LogP contribution < -0.4 is 20.1 Å². The summed E-state index contributed by atoms with van der Waals surface area (Å²) in [6, 6.07) is 17.5. The SMILES string of the molecule is COc1cc(C#N)ccc1OCCCC(=O)Nc1cccc(NC(=O)c2cccs2)c1. The number of rotatable bonds is 9. The lowest BCUT2D eigenvalue weighted by Gasteiger charge is -2.11. The zero-order chi connectivity index (χ0) is 22.1. The van der Waals surface area contributed by atoms with Gasteiger partial charge in [0.05, 0.1) is 30.2 Å². The van der Waals surface area contributed by atoms with Crippen LogP contribution in [-0.2, 0) is 4.79 Å². The van der Waals surface area contributed by atoms with Crippen molar-refractivity contribution < 1.29 is 19.1 Å². The Morgan fingerprint density at radius 1 is 1.03 bits per heavy atom. The van der Waals surface area contributed by atoms with Crippen molar-refractivity contribution in [1.29, 1.82) is 5.26 Å². The molecule has 1 aromatic heterocycles. The van der Waals surface area contributed by atoms with E-state index in [4.69, 9.17) is 14.7 Å². The molecule has 0 spiro atoms. The topological polar surface area (TPSA) is 100 Å². The number of thiophene rings is 1. The zero-order valence-electron chi connectivity index (χ0n) is 16.9. The Morgan fingerprint density at radius 3 is 2.55 bits per heavy atom. The Kier molecular flexibility index (Phi) is 7.62. The molecule has 3 rings (SSSR count). The maximum atomic E-state index is 12.2. The van der Waals surface area contributed by atoms with Crippen molar-refractivity contribution in [2.75, 3.05) is 24.4 Å². The Labute approximate surface area is 184 Å². The molecular weight excluding hydrogens is 414 g/mol. The van der Waals surface area contributed by atoms with Crippen molar-refractivity contribution in [3.05, 3.63) is 70.4 Å². The Morgan fingerprint density at radius 2 is 1.84 bits per heavy atom. The number of carbonyl (C=O) groups is 2. The highest BCUT2D eigenvalue weighted by atomic mass is 32.1. The summed E-state index contributed by atoms with van der Waals surface area (Å²) in [4.78, 5) is 25.0. The fourth-order valence-corrected chi connectivity index (χ4v) is 3.39. The predicted molar refractivity (Wildman–Crippen MR) is 120 cm³/mol. The van der Waals surface area contributed by atoms with Gasteiger partial charge < -0.3 is 20.1 Å². The minimum atomic E-state index is -0.186. The highest BCUT2D eigenvalue weighted by Gasteiger charge is 2.09. The van der Waals surface area contributed by atoms with Gasteiger partial charge in [-0.25, -0.2) is 0 Å². The molecule has 31 heavy (non-hydrogen) atoms. The van der Waals surface area contributed by atoms with Crippen LogP contribution in [0.2, 0.25) is 0 Å². The first kappa shape index (κ1) is 21.9. The molecule has 0 saturated carbocycles. The second kappa shape index (κ2) is 10.8. The van der Waals surface area contributed by atoms with Gasteiger partial charge in [-0.3, -0.25) is 9.59 Å². The molecule has 7 nitrogen and oxygen atoms in total. The Balaban J connectivity index is 1.46. The number of nitrogens with one attached hydrogen (secondary N) is 2. The molecule has 8 heteroatoms. The van der Waals surface area contributed by atoms with E-state index in [1.54, 1.807) is 48.5 Å². The number of anilines is 2. The molecule has 158 valence electrons. The standard InChI is InChI=1S/C23H21N3O4S/c1-29-20-13-16(15-24)9-10-19(20)30-11-3-8-22(27)25-17-5-2-6-18(14-17)26-23(28)21-7-4-12-31-21/h2,4-7,9-10,12-14H,3,8,11H2,1H3,(H,25,27)(H,26,28). The summed E-state index contributed by atoms with van der Waals surface area (Å²) in [5, 5.41) is 16.4. The molecule has 2 N–H and O–H groups in total. The van der Waals surface area contributed by atoms with E-state index in [9.17, 15) is 9.59 Å².